The van der Waals surface area contributed by atoms with E-state index in [9.17, 15) is 4.79 Å². The highest BCUT2D eigenvalue weighted by Crippen LogP contribution is 2.42. The van der Waals surface area contributed by atoms with E-state index < -0.39 is 0 Å². The van der Waals surface area contributed by atoms with Gasteiger partial charge in [-0.2, -0.15) is 0 Å². The Morgan fingerprint density at radius 1 is 1.26 bits per heavy atom. The van der Waals surface area contributed by atoms with Crippen molar-refractivity contribution in [1.82, 2.24) is 4.98 Å². The summed E-state index contributed by atoms with van der Waals surface area (Å²) in [5.41, 5.74) is 2.68. The summed E-state index contributed by atoms with van der Waals surface area (Å²) in [6, 6.07) is 8.18. The summed E-state index contributed by atoms with van der Waals surface area (Å²) in [7, 11) is 0. The lowest BCUT2D eigenvalue weighted by molar-refractivity contribution is 0.111. The molecule has 0 unspecified atom stereocenters. The van der Waals surface area contributed by atoms with E-state index in [1.165, 1.54) is 5.56 Å². The predicted molar refractivity (Wildman–Crippen MR) is 73.4 cm³/mol. The lowest BCUT2D eigenvalue weighted by Crippen LogP contribution is -1.87. The topological polar surface area (TPSA) is 43.1 Å². The van der Waals surface area contributed by atoms with Gasteiger partial charge in [0.1, 0.15) is 11.5 Å². The number of benzene rings is 1. The minimum Gasteiger partial charge on any atom is -0.440 e. The Morgan fingerprint density at radius 3 is 2.47 bits per heavy atom. The van der Waals surface area contributed by atoms with E-state index in [4.69, 9.17) is 4.42 Å². The summed E-state index contributed by atoms with van der Waals surface area (Å²) >= 11 is 0. The van der Waals surface area contributed by atoms with Crippen molar-refractivity contribution in [2.45, 2.75) is 38.5 Å². The number of hydrogen-bond donors (Lipinski definition) is 0. The van der Waals surface area contributed by atoms with E-state index >= 15 is 0 Å². The molecule has 3 heteroatoms. The monoisotopic (exact) mass is 255 g/mol. The second-order valence-corrected chi connectivity index (χ2v) is 5.44. The molecule has 0 amide bonds. The van der Waals surface area contributed by atoms with E-state index in [-0.39, 0.29) is 0 Å². The van der Waals surface area contributed by atoms with E-state index in [0.29, 0.717) is 23.4 Å². The van der Waals surface area contributed by atoms with Crippen LogP contribution in [-0.4, -0.2) is 11.3 Å². The standard InChI is InChI=1S/C16H17NO2/c1-10(2)11-3-7-13(8-4-11)16-17-14(9-18)15(19-16)12-5-6-12/h3-4,7-10,12H,5-6H2,1-2H3. The first kappa shape index (κ1) is 12.2. The molecule has 1 aromatic carbocycles. The van der Waals surface area contributed by atoms with Crippen LogP contribution in [0.4, 0.5) is 0 Å². The summed E-state index contributed by atoms with van der Waals surface area (Å²) in [6.45, 7) is 4.33. The number of nitrogens with zero attached hydrogens (tertiary/aromatic N) is 1. The number of aldehydes is 1. The van der Waals surface area contributed by atoms with E-state index in [1.54, 1.807) is 0 Å². The molecule has 1 aliphatic carbocycles. The molecule has 0 saturated heterocycles. The molecule has 0 N–H and O–H groups in total. The van der Waals surface area contributed by atoms with E-state index in [1.807, 2.05) is 12.1 Å². The molecule has 0 aliphatic heterocycles. The van der Waals surface area contributed by atoms with Gasteiger partial charge in [-0.05, 0) is 36.5 Å². The lowest BCUT2D eigenvalue weighted by Gasteiger charge is -2.04. The van der Waals surface area contributed by atoms with Crippen LogP contribution in [0.1, 0.15) is 60.3 Å². The van der Waals surface area contributed by atoms with Gasteiger partial charge < -0.3 is 4.42 Å². The highest BCUT2D eigenvalue weighted by molar-refractivity contribution is 5.75. The quantitative estimate of drug-likeness (QED) is 0.770. The zero-order chi connectivity index (χ0) is 13.4. The fourth-order valence-electron chi connectivity index (χ4n) is 2.20. The average molecular weight is 255 g/mol. The van der Waals surface area contributed by atoms with Crippen LogP contribution in [0.25, 0.3) is 11.5 Å². The van der Waals surface area contributed by atoms with Crippen molar-refractivity contribution in [2.75, 3.05) is 0 Å². The fraction of sp³-hybridized carbons (Fsp3) is 0.375. The van der Waals surface area contributed by atoms with Gasteiger partial charge >= 0.3 is 0 Å². The lowest BCUT2D eigenvalue weighted by atomic mass is 10.0. The molecule has 0 atom stereocenters. The Kier molecular flexibility index (Phi) is 2.97. The highest BCUT2D eigenvalue weighted by atomic mass is 16.4. The smallest absolute Gasteiger partial charge is 0.226 e. The summed E-state index contributed by atoms with van der Waals surface area (Å²) in [4.78, 5) is 15.3. The third kappa shape index (κ3) is 2.33. The third-order valence-corrected chi connectivity index (χ3v) is 3.57. The van der Waals surface area contributed by atoms with Crippen LogP contribution in [-0.2, 0) is 0 Å². The van der Waals surface area contributed by atoms with Crippen molar-refractivity contribution < 1.29 is 9.21 Å². The van der Waals surface area contributed by atoms with Crippen molar-refractivity contribution in [1.29, 1.82) is 0 Å². The molecule has 1 aliphatic rings. The van der Waals surface area contributed by atoms with Gasteiger partial charge in [0, 0.05) is 11.5 Å². The number of carbonyl (C=O) groups is 1. The Hall–Kier alpha value is -1.90. The van der Waals surface area contributed by atoms with Crippen molar-refractivity contribution in [3.8, 4) is 11.5 Å². The van der Waals surface area contributed by atoms with Gasteiger partial charge in [0.15, 0.2) is 6.29 Å². The maximum Gasteiger partial charge on any atom is 0.226 e. The first-order valence-corrected chi connectivity index (χ1v) is 6.75. The predicted octanol–water partition coefficient (Wildman–Crippen LogP) is 4.15. The van der Waals surface area contributed by atoms with E-state index in [0.717, 1.165) is 30.5 Å². The normalized spacial score (nSPS) is 14.9. The number of aromatic nitrogens is 1. The Balaban J connectivity index is 1.95. The van der Waals surface area contributed by atoms with Gasteiger partial charge in [0.2, 0.25) is 5.89 Å². The minimum absolute atomic E-state index is 0.399. The molecule has 1 saturated carbocycles. The highest BCUT2D eigenvalue weighted by Gasteiger charge is 2.31. The van der Waals surface area contributed by atoms with Crippen LogP contribution >= 0.6 is 0 Å². The molecule has 1 heterocycles. The van der Waals surface area contributed by atoms with Crippen LogP contribution in [0.5, 0.6) is 0 Å². The van der Waals surface area contributed by atoms with Gasteiger partial charge in [-0.3, -0.25) is 4.79 Å². The largest absolute Gasteiger partial charge is 0.440 e. The summed E-state index contributed by atoms with van der Waals surface area (Å²) < 4.78 is 5.77. The second kappa shape index (κ2) is 4.65. The molecule has 1 fully saturated rings. The number of hydrogen-bond acceptors (Lipinski definition) is 3. The van der Waals surface area contributed by atoms with Gasteiger partial charge in [0.25, 0.3) is 0 Å². The zero-order valence-corrected chi connectivity index (χ0v) is 11.2. The van der Waals surface area contributed by atoms with Crippen LogP contribution in [0.3, 0.4) is 0 Å². The molecule has 0 radical (unpaired) electrons. The van der Waals surface area contributed by atoms with Crippen LogP contribution < -0.4 is 0 Å². The molecular weight excluding hydrogens is 238 g/mol. The maximum absolute atomic E-state index is 11.0. The SMILES string of the molecule is CC(C)c1ccc(-c2nc(C=O)c(C3CC3)o2)cc1. The fourth-order valence-corrected chi connectivity index (χ4v) is 2.20. The molecule has 0 bridgehead atoms. The molecule has 98 valence electrons. The molecule has 0 spiro atoms. The summed E-state index contributed by atoms with van der Waals surface area (Å²) in [5.74, 6) is 2.22. The summed E-state index contributed by atoms with van der Waals surface area (Å²) in [5, 5.41) is 0. The minimum atomic E-state index is 0.399. The second-order valence-electron chi connectivity index (χ2n) is 5.44. The van der Waals surface area contributed by atoms with Gasteiger partial charge in [-0.1, -0.05) is 26.0 Å². The van der Waals surface area contributed by atoms with Gasteiger partial charge in [-0.25, -0.2) is 4.98 Å². The zero-order valence-electron chi connectivity index (χ0n) is 11.2. The maximum atomic E-state index is 11.0. The molecule has 3 nitrogen and oxygen atoms in total. The van der Waals surface area contributed by atoms with Crippen molar-refractivity contribution >= 4 is 6.29 Å². The van der Waals surface area contributed by atoms with Gasteiger partial charge in [0.05, 0.1) is 0 Å². The molecule has 2 aromatic rings. The van der Waals surface area contributed by atoms with Crippen molar-refractivity contribution in [3.63, 3.8) is 0 Å². The summed E-state index contributed by atoms with van der Waals surface area (Å²) in [6.07, 6.45) is 2.99. The van der Waals surface area contributed by atoms with Crippen LogP contribution in [0.15, 0.2) is 28.7 Å². The first-order valence-electron chi connectivity index (χ1n) is 6.75. The Bertz CT molecular complexity index is 592. The first-order chi connectivity index (χ1) is 9.19. The third-order valence-electron chi connectivity index (χ3n) is 3.57. The molecule has 1 aromatic heterocycles. The van der Waals surface area contributed by atoms with Gasteiger partial charge in [-0.15, -0.1) is 0 Å². The Morgan fingerprint density at radius 2 is 1.95 bits per heavy atom. The molecule has 3 rings (SSSR count). The van der Waals surface area contributed by atoms with Crippen molar-refractivity contribution in [3.05, 3.63) is 41.3 Å². The number of rotatable bonds is 4. The average Bonchev–Trinajstić information content (AvgIpc) is 3.18. The molecule has 19 heavy (non-hydrogen) atoms. The van der Waals surface area contributed by atoms with Crippen molar-refractivity contribution in [2.24, 2.45) is 0 Å². The molecular formula is C16H17NO2. The number of oxazole rings is 1. The van der Waals surface area contributed by atoms with E-state index in [2.05, 4.69) is 31.0 Å². The number of carbonyl (C=O) groups excluding carboxylic acids is 1. The Labute approximate surface area is 112 Å². The van der Waals surface area contributed by atoms with Crippen LogP contribution in [0.2, 0.25) is 0 Å². The van der Waals surface area contributed by atoms with Crippen LogP contribution in [0, 0.1) is 0 Å².